The summed E-state index contributed by atoms with van der Waals surface area (Å²) in [5.41, 5.74) is 1.32. The normalized spacial score (nSPS) is 15.9. The van der Waals surface area contributed by atoms with E-state index in [1.54, 1.807) is 17.5 Å². The quantitative estimate of drug-likeness (QED) is 0.851. The first-order valence-corrected chi connectivity index (χ1v) is 9.14. The monoisotopic (exact) mass is 347 g/mol. The third kappa shape index (κ3) is 3.99. The van der Waals surface area contributed by atoms with Crippen LogP contribution in [0.5, 0.6) is 0 Å². The van der Waals surface area contributed by atoms with Crippen LogP contribution in [0.2, 0.25) is 0 Å². The van der Waals surface area contributed by atoms with E-state index in [4.69, 9.17) is 0 Å². The smallest absolute Gasteiger partial charge is 0.273 e. The van der Waals surface area contributed by atoms with Gasteiger partial charge in [-0.1, -0.05) is 13.8 Å². The van der Waals surface area contributed by atoms with Crippen molar-refractivity contribution in [2.75, 3.05) is 32.7 Å². The molecule has 1 aromatic carbocycles. The summed E-state index contributed by atoms with van der Waals surface area (Å²) in [4.78, 5) is 21.3. The Morgan fingerprint density at radius 1 is 1.21 bits per heavy atom. The molecular formula is C18H22FN3OS. The fourth-order valence-electron chi connectivity index (χ4n) is 2.91. The number of amides is 1. The number of benzene rings is 1. The van der Waals surface area contributed by atoms with Gasteiger partial charge in [-0.25, -0.2) is 9.37 Å². The van der Waals surface area contributed by atoms with Gasteiger partial charge in [-0.3, -0.25) is 9.69 Å². The lowest BCUT2D eigenvalue weighted by molar-refractivity contribution is 0.0619. The Morgan fingerprint density at radius 3 is 2.50 bits per heavy atom. The zero-order valence-corrected chi connectivity index (χ0v) is 14.9. The van der Waals surface area contributed by atoms with E-state index in [1.807, 2.05) is 4.90 Å². The summed E-state index contributed by atoms with van der Waals surface area (Å²) < 4.78 is 13.0. The first kappa shape index (κ1) is 17.0. The number of aromatic nitrogens is 1. The van der Waals surface area contributed by atoms with Crippen molar-refractivity contribution in [3.8, 4) is 10.6 Å². The molecule has 6 heteroatoms. The molecule has 0 spiro atoms. The Bertz CT molecular complexity index is 691. The van der Waals surface area contributed by atoms with Gasteiger partial charge in [0.2, 0.25) is 0 Å². The van der Waals surface area contributed by atoms with E-state index in [0.717, 1.165) is 43.3 Å². The molecule has 1 fully saturated rings. The number of hydrogen-bond acceptors (Lipinski definition) is 4. The lowest BCUT2D eigenvalue weighted by Crippen LogP contribution is -2.49. The van der Waals surface area contributed by atoms with Gasteiger partial charge in [0, 0.05) is 43.7 Å². The molecule has 3 rings (SSSR count). The van der Waals surface area contributed by atoms with Crippen LogP contribution in [0.1, 0.15) is 24.3 Å². The second-order valence-electron chi connectivity index (χ2n) is 6.53. The van der Waals surface area contributed by atoms with Gasteiger partial charge in [0.05, 0.1) is 0 Å². The molecule has 0 saturated carbocycles. The standard InChI is InChI=1S/C18H22FN3OS/c1-13(2)11-21-7-9-22(10-8-21)18(23)16-12-24-17(20-16)14-3-5-15(19)6-4-14/h3-6,12-13H,7-11H2,1-2H3. The van der Waals surface area contributed by atoms with Crippen molar-refractivity contribution in [2.24, 2.45) is 5.92 Å². The number of thiazole rings is 1. The van der Waals surface area contributed by atoms with Crippen molar-refractivity contribution in [3.63, 3.8) is 0 Å². The first-order chi connectivity index (χ1) is 11.5. The van der Waals surface area contributed by atoms with Gasteiger partial charge in [-0.15, -0.1) is 11.3 Å². The van der Waals surface area contributed by atoms with Gasteiger partial charge in [-0.2, -0.15) is 0 Å². The maximum absolute atomic E-state index is 13.0. The van der Waals surface area contributed by atoms with Crippen molar-refractivity contribution >= 4 is 17.2 Å². The fraction of sp³-hybridized carbons (Fsp3) is 0.444. The van der Waals surface area contributed by atoms with Crippen LogP contribution in [0.3, 0.4) is 0 Å². The molecule has 4 nitrogen and oxygen atoms in total. The lowest BCUT2D eigenvalue weighted by Gasteiger charge is -2.35. The van der Waals surface area contributed by atoms with Gasteiger partial charge in [-0.05, 0) is 30.2 Å². The number of halogens is 1. The largest absolute Gasteiger partial charge is 0.335 e. The minimum Gasteiger partial charge on any atom is -0.335 e. The molecule has 0 atom stereocenters. The van der Waals surface area contributed by atoms with Crippen LogP contribution in [0, 0.1) is 11.7 Å². The molecule has 1 amide bonds. The zero-order chi connectivity index (χ0) is 17.1. The minimum atomic E-state index is -0.272. The van der Waals surface area contributed by atoms with Crippen molar-refractivity contribution in [1.29, 1.82) is 0 Å². The highest BCUT2D eigenvalue weighted by Gasteiger charge is 2.24. The summed E-state index contributed by atoms with van der Waals surface area (Å²) in [6.07, 6.45) is 0. The number of piperazine rings is 1. The highest BCUT2D eigenvalue weighted by molar-refractivity contribution is 7.13. The van der Waals surface area contributed by atoms with Crippen LogP contribution in [0.4, 0.5) is 4.39 Å². The molecule has 24 heavy (non-hydrogen) atoms. The Kier molecular flexibility index (Phi) is 5.26. The van der Waals surface area contributed by atoms with Gasteiger partial charge in [0.15, 0.2) is 0 Å². The van der Waals surface area contributed by atoms with E-state index in [1.165, 1.54) is 23.5 Å². The molecule has 1 aromatic heterocycles. The first-order valence-electron chi connectivity index (χ1n) is 8.26. The minimum absolute atomic E-state index is 0.0104. The highest BCUT2D eigenvalue weighted by atomic mass is 32.1. The van der Waals surface area contributed by atoms with Crippen molar-refractivity contribution in [2.45, 2.75) is 13.8 Å². The maximum Gasteiger partial charge on any atom is 0.273 e. The van der Waals surface area contributed by atoms with Crippen LogP contribution >= 0.6 is 11.3 Å². The summed E-state index contributed by atoms with van der Waals surface area (Å²) in [7, 11) is 0. The van der Waals surface area contributed by atoms with E-state index in [0.29, 0.717) is 11.6 Å². The number of carbonyl (C=O) groups excluding carboxylic acids is 1. The second-order valence-corrected chi connectivity index (χ2v) is 7.39. The Morgan fingerprint density at radius 2 is 1.88 bits per heavy atom. The topological polar surface area (TPSA) is 36.4 Å². The highest BCUT2D eigenvalue weighted by Crippen LogP contribution is 2.24. The number of carbonyl (C=O) groups is 1. The van der Waals surface area contributed by atoms with E-state index in [2.05, 4.69) is 23.7 Å². The molecule has 2 heterocycles. The summed E-state index contributed by atoms with van der Waals surface area (Å²) in [5, 5.41) is 2.54. The van der Waals surface area contributed by atoms with Crippen molar-refractivity contribution in [3.05, 3.63) is 41.2 Å². The second kappa shape index (κ2) is 7.40. The number of hydrogen-bond donors (Lipinski definition) is 0. The van der Waals surface area contributed by atoms with Crippen LogP contribution in [-0.2, 0) is 0 Å². The number of nitrogens with zero attached hydrogens (tertiary/aromatic N) is 3. The lowest BCUT2D eigenvalue weighted by atomic mass is 10.2. The molecule has 2 aromatic rings. The molecule has 0 radical (unpaired) electrons. The Hall–Kier alpha value is -1.79. The Balaban J connectivity index is 1.63. The predicted octanol–water partition coefficient (Wildman–Crippen LogP) is 3.36. The summed E-state index contributed by atoms with van der Waals surface area (Å²) in [6.45, 7) is 8.82. The Labute approximate surface area is 145 Å². The predicted molar refractivity (Wildman–Crippen MR) is 94.7 cm³/mol. The third-order valence-corrected chi connectivity index (χ3v) is 4.99. The molecule has 1 aliphatic rings. The van der Waals surface area contributed by atoms with Crippen LogP contribution in [0.15, 0.2) is 29.6 Å². The van der Waals surface area contributed by atoms with Gasteiger partial charge in [0.1, 0.15) is 16.5 Å². The fourth-order valence-corrected chi connectivity index (χ4v) is 3.71. The van der Waals surface area contributed by atoms with Crippen molar-refractivity contribution < 1.29 is 9.18 Å². The average molecular weight is 347 g/mol. The molecule has 0 bridgehead atoms. The molecule has 128 valence electrons. The molecular weight excluding hydrogens is 325 g/mol. The molecule has 0 N–H and O–H groups in total. The van der Waals surface area contributed by atoms with Crippen molar-refractivity contribution in [1.82, 2.24) is 14.8 Å². The van der Waals surface area contributed by atoms with E-state index in [-0.39, 0.29) is 11.7 Å². The van der Waals surface area contributed by atoms with Gasteiger partial charge in [0.25, 0.3) is 5.91 Å². The molecule has 0 unspecified atom stereocenters. The summed E-state index contributed by atoms with van der Waals surface area (Å²) in [5.74, 6) is 0.360. The maximum atomic E-state index is 13.0. The summed E-state index contributed by atoms with van der Waals surface area (Å²) in [6, 6.07) is 6.19. The SMILES string of the molecule is CC(C)CN1CCN(C(=O)c2csc(-c3ccc(F)cc3)n2)CC1. The molecule has 1 aliphatic heterocycles. The van der Waals surface area contributed by atoms with E-state index in [9.17, 15) is 9.18 Å². The van der Waals surface area contributed by atoms with Crippen LogP contribution < -0.4 is 0 Å². The van der Waals surface area contributed by atoms with Gasteiger partial charge < -0.3 is 4.90 Å². The van der Waals surface area contributed by atoms with Crippen LogP contribution in [0.25, 0.3) is 10.6 Å². The van der Waals surface area contributed by atoms with Gasteiger partial charge >= 0.3 is 0 Å². The zero-order valence-electron chi connectivity index (χ0n) is 14.0. The number of rotatable bonds is 4. The molecule has 1 saturated heterocycles. The van der Waals surface area contributed by atoms with E-state index < -0.39 is 0 Å². The van der Waals surface area contributed by atoms with E-state index >= 15 is 0 Å². The summed E-state index contributed by atoms with van der Waals surface area (Å²) >= 11 is 1.42. The third-order valence-electron chi connectivity index (χ3n) is 4.10. The van der Waals surface area contributed by atoms with Crippen LogP contribution in [-0.4, -0.2) is 53.4 Å². The molecule has 0 aliphatic carbocycles. The average Bonchev–Trinajstić information content (AvgIpc) is 3.05.